The average molecular weight is 317 g/mol. The van der Waals surface area contributed by atoms with Crippen LogP contribution in [0.2, 0.25) is 0 Å². The zero-order valence-electron chi connectivity index (χ0n) is 11.2. The van der Waals surface area contributed by atoms with Crippen molar-refractivity contribution in [3.63, 3.8) is 0 Å². The van der Waals surface area contributed by atoms with E-state index in [0.717, 1.165) is 25.0 Å². The predicted molar refractivity (Wildman–Crippen MR) is 73.6 cm³/mol. The highest BCUT2D eigenvalue weighted by Gasteiger charge is 2.29. The zero-order chi connectivity index (χ0) is 15.6. The molecule has 0 saturated heterocycles. The van der Waals surface area contributed by atoms with Crippen molar-refractivity contribution in [1.82, 2.24) is 4.72 Å². The molecule has 0 bridgehead atoms. The molecule has 0 aromatic heterocycles. The Balaban J connectivity index is 2.25. The van der Waals surface area contributed by atoms with Gasteiger partial charge in [-0.1, -0.05) is 12.8 Å². The minimum Gasteiger partial charge on any atom is -0.326 e. The van der Waals surface area contributed by atoms with Gasteiger partial charge in [0.2, 0.25) is 10.0 Å². The quantitative estimate of drug-likeness (QED) is 0.641. The lowest BCUT2D eigenvalue weighted by atomic mass is 9.92. The summed E-state index contributed by atoms with van der Waals surface area (Å²) >= 11 is 0. The Morgan fingerprint density at radius 2 is 2.00 bits per heavy atom. The summed E-state index contributed by atoms with van der Waals surface area (Å²) < 4.78 is 40.5. The first kappa shape index (κ1) is 15.8. The van der Waals surface area contributed by atoms with Crippen LogP contribution in [0.5, 0.6) is 0 Å². The fourth-order valence-electron chi connectivity index (χ4n) is 2.39. The van der Waals surface area contributed by atoms with Crippen molar-refractivity contribution < 1.29 is 17.7 Å². The highest BCUT2D eigenvalue weighted by molar-refractivity contribution is 7.89. The molecule has 116 valence electrons. The molecule has 3 N–H and O–H groups in total. The highest BCUT2D eigenvalue weighted by Crippen LogP contribution is 2.23. The van der Waals surface area contributed by atoms with Crippen molar-refractivity contribution >= 4 is 15.7 Å². The van der Waals surface area contributed by atoms with Gasteiger partial charge >= 0.3 is 0 Å². The molecule has 21 heavy (non-hydrogen) atoms. The van der Waals surface area contributed by atoms with Crippen molar-refractivity contribution in [2.75, 3.05) is 0 Å². The predicted octanol–water partition coefficient (Wildman–Crippen LogP) is 1.28. The fourth-order valence-corrected chi connectivity index (χ4v) is 3.77. The van der Waals surface area contributed by atoms with E-state index in [1.165, 1.54) is 0 Å². The van der Waals surface area contributed by atoms with Gasteiger partial charge in [-0.15, -0.1) is 0 Å². The second-order valence-corrected chi connectivity index (χ2v) is 6.73. The van der Waals surface area contributed by atoms with Gasteiger partial charge in [0.1, 0.15) is 10.7 Å². The average Bonchev–Trinajstić information content (AvgIpc) is 2.40. The SMILES string of the molecule is NC1CCCCC1NS(=O)(=O)c1ccc([N+](=O)[O-])cc1F. The molecule has 0 aliphatic heterocycles. The first-order valence-electron chi connectivity index (χ1n) is 6.53. The van der Waals surface area contributed by atoms with Crippen LogP contribution in [0.15, 0.2) is 23.1 Å². The number of nitro benzene ring substituents is 1. The van der Waals surface area contributed by atoms with Gasteiger partial charge in [0.25, 0.3) is 5.69 Å². The number of sulfonamides is 1. The molecule has 0 radical (unpaired) electrons. The molecular weight excluding hydrogens is 301 g/mol. The number of nitro groups is 1. The third-order valence-electron chi connectivity index (χ3n) is 3.54. The third kappa shape index (κ3) is 3.55. The largest absolute Gasteiger partial charge is 0.326 e. The monoisotopic (exact) mass is 317 g/mol. The smallest absolute Gasteiger partial charge is 0.272 e. The molecule has 1 saturated carbocycles. The lowest BCUT2D eigenvalue weighted by Gasteiger charge is -2.29. The molecule has 2 rings (SSSR count). The van der Waals surface area contributed by atoms with Crippen LogP contribution in [0, 0.1) is 15.9 Å². The van der Waals surface area contributed by atoms with Crippen LogP contribution in [-0.2, 0) is 10.0 Å². The molecule has 1 fully saturated rings. The molecule has 0 amide bonds. The highest BCUT2D eigenvalue weighted by atomic mass is 32.2. The Morgan fingerprint density at radius 3 is 2.57 bits per heavy atom. The fraction of sp³-hybridized carbons (Fsp3) is 0.500. The zero-order valence-corrected chi connectivity index (χ0v) is 12.0. The Kier molecular flexibility index (Phi) is 4.55. The summed E-state index contributed by atoms with van der Waals surface area (Å²) in [5.74, 6) is -1.15. The standard InChI is InChI=1S/C12H16FN3O4S/c13-9-7-8(16(17)18)5-6-12(9)21(19,20)15-11-4-2-1-3-10(11)14/h5-7,10-11,15H,1-4,14H2. The molecule has 1 aliphatic carbocycles. The van der Waals surface area contributed by atoms with Crippen LogP contribution < -0.4 is 10.5 Å². The van der Waals surface area contributed by atoms with Crippen LogP contribution in [0.1, 0.15) is 25.7 Å². The summed E-state index contributed by atoms with van der Waals surface area (Å²) in [6, 6.07) is 1.69. The lowest BCUT2D eigenvalue weighted by molar-refractivity contribution is -0.385. The van der Waals surface area contributed by atoms with Crippen molar-refractivity contribution in [1.29, 1.82) is 0 Å². The normalized spacial score (nSPS) is 23.0. The number of hydrogen-bond donors (Lipinski definition) is 2. The number of nitrogens with two attached hydrogens (primary N) is 1. The summed E-state index contributed by atoms with van der Waals surface area (Å²) in [6.45, 7) is 0. The maximum Gasteiger partial charge on any atom is 0.272 e. The van der Waals surface area contributed by atoms with Gasteiger partial charge < -0.3 is 5.73 Å². The van der Waals surface area contributed by atoms with E-state index in [2.05, 4.69) is 4.72 Å². The van der Waals surface area contributed by atoms with E-state index >= 15 is 0 Å². The van der Waals surface area contributed by atoms with Crippen LogP contribution >= 0.6 is 0 Å². The van der Waals surface area contributed by atoms with Gasteiger partial charge in [-0.25, -0.2) is 17.5 Å². The number of nitrogens with zero attached hydrogens (tertiary/aromatic N) is 1. The molecule has 1 aromatic rings. The summed E-state index contributed by atoms with van der Waals surface area (Å²) in [5.41, 5.74) is 5.36. The van der Waals surface area contributed by atoms with Crippen molar-refractivity contribution in [3.05, 3.63) is 34.1 Å². The molecule has 2 unspecified atom stereocenters. The lowest BCUT2D eigenvalue weighted by Crippen LogP contribution is -2.49. The summed E-state index contributed by atoms with van der Waals surface area (Å²) in [7, 11) is -4.09. The Bertz CT molecular complexity index is 650. The molecule has 0 heterocycles. The van der Waals surface area contributed by atoms with Crippen LogP contribution in [0.4, 0.5) is 10.1 Å². The molecule has 0 spiro atoms. The van der Waals surface area contributed by atoms with Crippen molar-refractivity contribution in [2.45, 2.75) is 42.7 Å². The van der Waals surface area contributed by atoms with E-state index in [9.17, 15) is 22.9 Å². The van der Waals surface area contributed by atoms with E-state index < -0.39 is 37.4 Å². The van der Waals surface area contributed by atoms with Crippen LogP contribution in [-0.4, -0.2) is 25.4 Å². The van der Waals surface area contributed by atoms with E-state index in [4.69, 9.17) is 5.73 Å². The molecule has 1 aromatic carbocycles. The van der Waals surface area contributed by atoms with Crippen molar-refractivity contribution in [3.8, 4) is 0 Å². The Morgan fingerprint density at radius 1 is 1.33 bits per heavy atom. The molecule has 1 aliphatic rings. The topological polar surface area (TPSA) is 115 Å². The van der Waals surface area contributed by atoms with Gasteiger partial charge in [-0.2, -0.15) is 0 Å². The second-order valence-electron chi connectivity index (χ2n) is 5.05. The van der Waals surface area contributed by atoms with Crippen molar-refractivity contribution in [2.24, 2.45) is 5.73 Å². The number of rotatable bonds is 4. The summed E-state index contributed by atoms with van der Waals surface area (Å²) in [6.07, 6.45) is 3.08. The van der Waals surface area contributed by atoms with E-state index in [0.29, 0.717) is 18.9 Å². The van der Waals surface area contributed by atoms with Gasteiger partial charge in [-0.3, -0.25) is 10.1 Å². The van der Waals surface area contributed by atoms with E-state index in [1.54, 1.807) is 0 Å². The summed E-state index contributed by atoms with van der Waals surface area (Å²) in [4.78, 5) is 9.14. The maximum atomic E-state index is 13.8. The molecular formula is C12H16FN3O4S. The summed E-state index contributed by atoms with van der Waals surface area (Å²) in [5, 5.41) is 10.5. The van der Waals surface area contributed by atoms with Crippen LogP contribution in [0.25, 0.3) is 0 Å². The molecule has 7 nitrogen and oxygen atoms in total. The minimum absolute atomic E-state index is 0.311. The number of benzene rings is 1. The second kappa shape index (κ2) is 6.04. The molecule has 2 atom stereocenters. The van der Waals surface area contributed by atoms with Gasteiger partial charge in [0, 0.05) is 18.2 Å². The Hall–Kier alpha value is -1.58. The number of halogens is 1. The number of hydrogen-bond acceptors (Lipinski definition) is 5. The van der Waals surface area contributed by atoms with E-state index in [1.807, 2.05) is 0 Å². The van der Waals surface area contributed by atoms with Gasteiger partial charge in [-0.05, 0) is 18.9 Å². The first-order chi connectivity index (χ1) is 9.81. The Labute approximate surface area is 121 Å². The van der Waals surface area contributed by atoms with E-state index in [-0.39, 0.29) is 6.04 Å². The first-order valence-corrected chi connectivity index (χ1v) is 8.01. The number of nitrogens with one attached hydrogen (secondary N) is 1. The van der Waals surface area contributed by atoms with Crippen LogP contribution in [0.3, 0.4) is 0 Å². The van der Waals surface area contributed by atoms with Gasteiger partial charge in [0.05, 0.1) is 11.0 Å². The number of non-ortho nitro benzene ring substituents is 1. The minimum atomic E-state index is -4.09. The third-order valence-corrected chi connectivity index (χ3v) is 5.06. The maximum absolute atomic E-state index is 13.8. The molecule has 9 heteroatoms. The van der Waals surface area contributed by atoms with Gasteiger partial charge in [0.15, 0.2) is 0 Å².